The van der Waals surface area contributed by atoms with Crippen LogP contribution in [-0.2, 0) is 20.8 Å². The molecular formula is C22H25ClN4O4. The number of rotatable bonds is 8. The number of amides is 3. The summed E-state index contributed by atoms with van der Waals surface area (Å²) in [7, 11) is 0. The molecule has 0 aliphatic carbocycles. The maximum absolute atomic E-state index is 12.4. The number of primary amides is 1. The smallest absolute Gasteiger partial charge is 0.258 e. The second-order valence-electron chi connectivity index (χ2n) is 7.20. The molecule has 1 saturated heterocycles. The summed E-state index contributed by atoms with van der Waals surface area (Å²) in [4.78, 5) is 39.2. The van der Waals surface area contributed by atoms with E-state index in [9.17, 15) is 14.4 Å². The zero-order valence-electron chi connectivity index (χ0n) is 17.1. The Morgan fingerprint density at radius 3 is 2.23 bits per heavy atom. The van der Waals surface area contributed by atoms with Crippen LogP contribution >= 0.6 is 11.6 Å². The van der Waals surface area contributed by atoms with Gasteiger partial charge in [0.2, 0.25) is 11.8 Å². The van der Waals surface area contributed by atoms with Gasteiger partial charge >= 0.3 is 0 Å². The first-order valence-corrected chi connectivity index (χ1v) is 10.3. The van der Waals surface area contributed by atoms with Crippen molar-refractivity contribution in [1.82, 2.24) is 10.2 Å². The number of benzene rings is 2. The normalized spacial score (nSPS) is 13.6. The molecule has 164 valence electrons. The van der Waals surface area contributed by atoms with E-state index in [0.29, 0.717) is 23.9 Å². The first-order valence-electron chi connectivity index (χ1n) is 9.96. The molecule has 9 heteroatoms. The molecule has 1 fully saturated rings. The number of carbonyl (C=O) groups is 3. The molecule has 0 bridgehead atoms. The van der Waals surface area contributed by atoms with E-state index in [2.05, 4.69) is 10.2 Å². The molecule has 0 spiro atoms. The number of nitrogens with one attached hydrogen (secondary N) is 1. The summed E-state index contributed by atoms with van der Waals surface area (Å²) in [5.74, 6) is -0.425. The summed E-state index contributed by atoms with van der Waals surface area (Å²) in [6.45, 7) is 2.34. The van der Waals surface area contributed by atoms with E-state index in [4.69, 9.17) is 22.1 Å². The summed E-state index contributed by atoms with van der Waals surface area (Å²) < 4.78 is 5.41. The molecule has 3 rings (SSSR count). The SMILES string of the molecule is NC(=O)Cc1ccc(OCC(=O)NCC(=O)N2CCN(c3ccc(Cl)cc3)CC2)cc1. The Hall–Kier alpha value is -3.26. The maximum atomic E-state index is 12.4. The predicted molar refractivity (Wildman–Crippen MR) is 118 cm³/mol. The van der Waals surface area contributed by atoms with Crippen molar-refractivity contribution in [3.05, 3.63) is 59.1 Å². The first kappa shape index (κ1) is 22.4. The Morgan fingerprint density at radius 1 is 0.968 bits per heavy atom. The van der Waals surface area contributed by atoms with E-state index >= 15 is 0 Å². The number of halogens is 1. The topological polar surface area (TPSA) is 105 Å². The van der Waals surface area contributed by atoms with Crippen LogP contribution in [0.2, 0.25) is 5.02 Å². The molecule has 8 nitrogen and oxygen atoms in total. The predicted octanol–water partition coefficient (Wildman–Crippen LogP) is 1.21. The second-order valence-corrected chi connectivity index (χ2v) is 7.63. The molecule has 1 heterocycles. The number of carbonyl (C=O) groups excluding carboxylic acids is 3. The highest BCUT2D eigenvalue weighted by atomic mass is 35.5. The van der Waals surface area contributed by atoms with E-state index in [0.717, 1.165) is 24.3 Å². The highest BCUT2D eigenvalue weighted by Crippen LogP contribution is 2.19. The fraction of sp³-hybridized carbons (Fsp3) is 0.318. The molecule has 3 N–H and O–H groups in total. The summed E-state index contributed by atoms with van der Waals surface area (Å²) in [5, 5.41) is 3.28. The number of piperazine rings is 1. The fourth-order valence-corrected chi connectivity index (χ4v) is 3.38. The number of nitrogens with zero attached hydrogens (tertiary/aromatic N) is 2. The van der Waals surface area contributed by atoms with Crippen LogP contribution in [0.1, 0.15) is 5.56 Å². The van der Waals surface area contributed by atoms with E-state index in [1.807, 2.05) is 24.3 Å². The van der Waals surface area contributed by atoms with Crippen molar-refractivity contribution >= 4 is 35.0 Å². The second kappa shape index (κ2) is 10.7. The van der Waals surface area contributed by atoms with E-state index in [1.165, 1.54) is 0 Å². The minimum Gasteiger partial charge on any atom is -0.484 e. The average molecular weight is 445 g/mol. The molecule has 0 radical (unpaired) electrons. The average Bonchev–Trinajstić information content (AvgIpc) is 2.77. The van der Waals surface area contributed by atoms with Crippen LogP contribution in [0.15, 0.2) is 48.5 Å². The molecule has 0 aromatic heterocycles. The molecule has 0 unspecified atom stereocenters. The van der Waals surface area contributed by atoms with Gasteiger partial charge < -0.3 is 25.6 Å². The van der Waals surface area contributed by atoms with Gasteiger partial charge in [0.25, 0.3) is 5.91 Å². The number of anilines is 1. The molecule has 2 aromatic carbocycles. The number of ether oxygens (including phenoxy) is 1. The molecule has 0 saturated carbocycles. The van der Waals surface area contributed by atoms with Gasteiger partial charge in [-0.2, -0.15) is 0 Å². The van der Waals surface area contributed by atoms with Gasteiger partial charge in [0.1, 0.15) is 5.75 Å². The highest BCUT2D eigenvalue weighted by molar-refractivity contribution is 6.30. The zero-order valence-corrected chi connectivity index (χ0v) is 17.8. The van der Waals surface area contributed by atoms with Crippen LogP contribution in [0.25, 0.3) is 0 Å². The van der Waals surface area contributed by atoms with Gasteiger partial charge in [-0.1, -0.05) is 23.7 Å². The quantitative estimate of drug-likeness (QED) is 0.636. The van der Waals surface area contributed by atoms with Crippen molar-refractivity contribution in [2.45, 2.75) is 6.42 Å². The molecular weight excluding hydrogens is 420 g/mol. The zero-order chi connectivity index (χ0) is 22.2. The Balaban J connectivity index is 1.36. The van der Waals surface area contributed by atoms with Gasteiger partial charge in [-0.3, -0.25) is 14.4 Å². The van der Waals surface area contributed by atoms with Crippen molar-refractivity contribution in [1.29, 1.82) is 0 Å². The molecule has 0 atom stereocenters. The third kappa shape index (κ3) is 6.89. The van der Waals surface area contributed by atoms with Crippen LogP contribution < -0.4 is 20.7 Å². The van der Waals surface area contributed by atoms with Gasteiger partial charge in [-0.15, -0.1) is 0 Å². The van der Waals surface area contributed by atoms with Gasteiger partial charge in [0.05, 0.1) is 13.0 Å². The Labute approximate surface area is 185 Å². The fourth-order valence-electron chi connectivity index (χ4n) is 3.26. The summed E-state index contributed by atoms with van der Waals surface area (Å²) >= 11 is 5.93. The first-order chi connectivity index (χ1) is 14.9. The van der Waals surface area contributed by atoms with E-state index in [-0.39, 0.29) is 31.4 Å². The van der Waals surface area contributed by atoms with Gasteiger partial charge in [-0.05, 0) is 42.0 Å². The third-order valence-electron chi connectivity index (χ3n) is 4.93. The largest absolute Gasteiger partial charge is 0.484 e. The van der Waals surface area contributed by atoms with Crippen LogP contribution in [0.3, 0.4) is 0 Å². The number of hydrogen-bond acceptors (Lipinski definition) is 5. The Morgan fingerprint density at radius 2 is 1.61 bits per heavy atom. The van der Waals surface area contributed by atoms with Crippen LogP contribution in [0, 0.1) is 0 Å². The van der Waals surface area contributed by atoms with Crippen molar-refractivity contribution in [3.8, 4) is 5.75 Å². The van der Waals surface area contributed by atoms with E-state index < -0.39 is 5.91 Å². The van der Waals surface area contributed by atoms with E-state index in [1.54, 1.807) is 29.2 Å². The molecule has 2 aromatic rings. The van der Waals surface area contributed by atoms with Gasteiger partial charge in [-0.25, -0.2) is 0 Å². The summed E-state index contributed by atoms with van der Waals surface area (Å²) in [6.07, 6.45) is 0.150. The summed E-state index contributed by atoms with van der Waals surface area (Å²) in [6, 6.07) is 14.4. The van der Waals surface area contributed by atoms with Gasteiger partial charge in [0, 0.05) is 36.9 Å². The number of nitrogens with two attached hydrogens (primary N) is 1. The van der Waals surface area contributed by atoms with Crippen molar-refractivity contribution < 1.29 is 19.1 Å². The third-order valence-corrected chi connectivity index (χ3v) is 5.18. The van der Waals surface area contributed by atoms with Crippen LogP contribution in [0.4, 0.5) is 5.69 Å². The monoisotopic (exact) mass is 444 g/mol. The molecule has 31 heavy (non-hydrogen) atoms. The van der Waals surface area contributed by atoms with Gasteiger partial charge in [0.15, 0.2) is 6.61 Å². The van der Waals surface area contributed by atoms with Crippen molar-refractivity contribution in [3.63, 3.8) is 0 Å². The van der Waals surface area contributed by atoms with Crippen molar-refractivity contribution in [2.24, 2.45) is 5.73 Å². The minimum absolute atomic E-state index is 0.0688. The Kier molecular flexibility index (Phi) is 7.72. The Bertz CT molecular complexity index is 910. The lowest BCUT2D eigenvalue weighted by molar-refractivity contribution is -0.133. The molecule has 1 aliphatic rings. The minimum atomic E-state index is -0.413. The lowest BCUT2D eigenvalue weighted by Gasteiger charge is -2.36. The summed E-state index contributed by atoms with van der Waals surface area (Å²) in [5.41, 5.74) is 6.99. The molecule has 3 amide bonds. The van der Waals surface area contributed by atoms with Crippen molar-refractivity contribution in [2.75, 3.05) is 44.2 Å². The maximum Gasteiger partial charge on any atom is 0.258 e. The van der Waals surface area contributed by atoms with Crippen LogP contribution in [-0.4, -0.2) is 62.0 Å². The lowest BCUT2D eigenvalue weighted by atomic mass is 10.1. The number of hydrogen-bond donors (Lipinski definition) is 2. The standard InChI is InChI=1S/C22H25ClN4O4/c23-17-3-5-18(6-4-17)26-9-11-27(12-10-26)22(30)14-25-21(29)15-31-19-7-1-16(2-8-19)13-20(24)28/h1-8H,9-15H2,(H2,24,28)(H,25,29). The molecule has 1 aliphatic heterocycles. The van der Waals surface area contributed by atoms with Crippen LogP contribution in [0.5, 0.6) is 5.75 Å². The highest BCUT2D eigenvalue weighted by Gasteiger charge is 2.21. The lowest BCUT2D eigenvalue weighted by Crippen LogP contribution is -2.51.